The van der Waals surface area contributed by atoms with Crippen molar-refractivity contribution in [1.82, 2.24) is 0 Å². The number of hydrogen-bond donors (Lipinski definition) is 1. The number of halogens is 1. The van der Waals surface area contributed by atoms with E-state index in [9.17, 15) is 19.6 Å². The molecule has 1 N–H and O–H groups in total. The van der Waals surface area contributed by atoms with Crippen molar-refractivity contribution in [2.75, 3.05) is 0 Å². The van der Waals surface area contributed by atoms with Gasteiger partial charge in [0.1, 0.15) is 18.2 Å². The van der Waals surface area contributed by atoms with Crippen LogP contribution in [0.3, 0.4) is 0 Å². The summed E-state index contributed by atoms with van der Waals surface area (Å²) in [5.74, 6) is -0.333. The highest BCUT2D eigenvalue weighted by Crippen LogP contribution is 2.24. The largest absolute Gasteiger partial charge is 0.489 e. The van der Waals surface area contributed by atoms with E-state index in [4.69, 9.17) is 4.74 Å². The third-order valence-corrected chi connectivity index (χ3v) is 3.00. The number of aliphatic hydroxyl groups excluding tert-OH is 1. The standard InChI is InChI=1S/C15H14FNO4/c1-10(18)13-7-6-12(8-14(13)16)21-9-11-4-2-3-5-15(11)17(19)20/h2-8,10,18H,9H2,1H3/t10-/m1/s1. The first kappa shape index (κ1) is 14.9. The predicted molar refractivity (Wildman–Crippen MR) is 74.5 cm³/mol. The van der Waals surface area contributed by atoms with Crippen LogP contribution in [0.1, 0.15) is 24.2 Å². The van der Waals surface area contributed by atoms with Gasteiger partial charge in [0.25, 0.3) is 5.69 Å². The molecule has 0 bridgehead atoms. The van der Waals surface area contributed by atoms with E-state index < -0.39 is 16.8 Å². The van der Waals surface area contributed by atoms with E-state index in [1.54, 1.807) is 18.2 Å². The van der Waals surface area contributed by atoms with Crippen LogP contribution in [0.25, 0.3) is 0 Å². The van der Waals surface area contributed by atoms with E-state index >= 15 is 0 Å². The Hall–Kier alpha value is -2.47. The molecule has 2 aromatic rings. The molecule has 0 aliphatic rings. The third-order valence-electron chi connectivity index (χ3n) is 3.00. The molecule has 0 aliphatic heterocycles. The first-order valence-electron chi connectivity index (χ1n) is 6.31. The zero-order valence-electron chi connectivity index (χ0n) is 11.3. The summed E-state index contributed by atoms with van der Waals surface area (Å²) in [5, 5.41) is 20.2. The van der Waals surface area contributed by atoms with Gasteiger partial charge >= 0.3 is 0 Å². The minimum Gasteiger partial charge on any atom is -0.489 e. The van der Waals surface area contributed by atoms with Gasteiger partial charge in [0.05, 0.1) is 16.6 Å². The quantitative estimate of drug-likeness (QED) is 0.677. The first-order chi connectivity index (χ1) is 9.99. The topological polar surface area (TPSA) is 72.6 Å². The molecule has 5 nitrogen and oxygen atoms in total. The van der Waals surface area contributed by atoms with Gasteiger partial charge in [-0.25, -0.2) is 4.39 Å². The highest BCUT2D eigenvalue weighted by molar-refractivity contribution is 5.40. The molecule has 0 saturated heterocycles. The first-order valence-corrected chi connectivity index (χ1v) is 6.31. The fourth-order valence-electron chi connectivity index (χ4n) is 1.91. The van der Waals surface area contributed by atoms with E-state index in [2.05, 4.69) is 0 Å². The van der Waals surface area contributed by atoms with Crippen LogP contribution >= 0.6 is 0 Å². The van der Waals surface area contributed by atoms with Crippen LogP contribution in [0.5, 0.6) is 5.75 Å². The molecule has 0 spiro atoms. The number of nitro groups is 1. The Balaban J connectivity index is 2.14. The molecular weight excluding hydrogens is 277 g/mol. The SMILES string of the molecule is C[C@@H](O)c1ccc(OCc2ccccc2[N+](=O)[O-])cc1F. The number of aliphatic hydroxyl groups is 1. The van der Waals surface area contributed by atoms with Gasteiger partial charge in [-0.15, -0.1) is 0 Å². The summed E-state index contributed by atoms with van der Waals surface area (Å²) in [5.41, 5.74) is 0.536. The summed E-state index contributed by atoms with van der Waals surface area (Å²) in [6.07, 6.45) is -0.908. The summed E-state index contributed by atoms with van der Waals surface area (Å²) >= 11 is 0. The average Bonchev–Trinajstić information content (AvgIpc) is 2.45. The van der Waals surface area contributed by atoms with E-state index in [0.717, 1.165) is 6.07 Å². The van der Waals surface area contributed by atoms with Crippen molar-refractivity contribution < 1.29 is 19.2 Å². The number of ether oxygens (including phenoxy) is 1. The molecule has 110 valence electrons. The Kier molecular flexibility index (Phi) is 4.49. The number of nitrogens with zero attached hydrogens (tertiary/aromatic N) is 1. The number of nitro benzene ring substituents is 1. The minimum atomic E-state index is -0.908. The highest BCUT2D eigenvalue weighted by atomic mass is 19.1. The Morgan fingerprint density at radius 2 is 2.05 bits per heavy atom. The summed E-state index contributed by atoms with van der Waals surface area (Å²) in [6.45, 7) is 1.43. The molecule has 21 heavy (non-hydrogen) atoms. The van der Waals surface area contributed by atoms with Crippen LogP contribution in [0.15, 0.2) is 42.5 Å². The summed E-state index contributed by atoms with van der Waals surface area (Å²) in [6, 6.07) is 10.3. The second-order valence-electron chi connectivity index (χ2n) is 4.53. The van der Waals surface area contributed by atoms with Crippen molar-refractivity contribution >= 4 is 5.69 Å². The maximum absolute atomic E-state index is 13.7. The zero-order valence-corrected chi connectivity index (χ0v) is 11.3. The van der Waals surface area contributed by atoms with Crippen molar-refractivity contribution in [3.05, 3.63) is 69.5 Å². The molecule has 0 amide bonds. The fraction of sp³-hybridized carbons (Fsp3) is 0.200. The molecule has 0 aromatic heterocycles. The molecule has 6 heteroatoms. The van der Waals surface area contributed by atoms with Crippen LogP contribution < -0.4 is 4.74 Å². The van der Waals surface area contributed by atoms with Gasteiger partial charge < -0.3 is 9.84 Å². The maximum Gasteiger partial charge on any atom is 0.276 e. The number of para-hydroxylation sites is 1. The van der Waals surface area contributed by atoms with Gasteiger partial charge in [-0.3, -0.25) is 10.1 Å². The summed E-state index contributed by atoms with van der Waals surface area (Å²) < 4.78 is 19.1. The monoisotopic (exact) mass is 291 g/mol. The molecular formula is C15H14FNO4. The smallest absolute Gasteiger partial charge is 0.276 e. The summed E-state index contributed by atoms with van der Waals surface area (Å²) in [7, 11) is 0. The number of rotatable bonds is 5. The molecule has 0 unspecified atom stereocenters. The van der Waals surface area contributed by atoms with Gasteiger partial charge in [0, 0.05) is 17.7 Å². The Morgan fingerprint density at radius 1 is 1.33 bits per heavy atom. The van der Waals surface area contributed by atoms with Gasteiger partial charge in [-0.2, -0.15) is 0 Å². The van der Waals surface area contributed by atoms with E-state index in [1.807, 2.05) is 0 Å². The van der Waals surface area contributed by atoms with Crippen LogP contribution in [-0.4, -0.2) is 10.0 Å². The lowest BCUT2D eigenvalue weighted by Gasteiger charge is -2.10. The molecule has 0 radical (unpaired) electrons. The van der Waals surface area contributed by atoms with Crippen LogP contribution in [0.2, 0.25) is 0 Å². The Morgan fingerprint density at radius 3 is 2.67 bits per heavy atom. The molecule has 1 atom stereocenters. The van der Waals surface area contributed by atoms with Crippen molar-refractivity contribution in [1.29, 1.82) is 0 Å². The van der Waals surface area contributed by atoms with Crippen molar-refractivity contribution in [3.8, 4) is 5.75 Å². The minimum absolute atomic E-state index is 0.0371. The van der Waals surface area contributed by atoms with Crippen LogP contribution in [-0.2, 0) is 6.61 Å². The van der Waals surface area contributed by atoms with E-state index in [1.165, 1.54) is 25.1 Å². The number of hydrogen-bond acceptors (Lipinski definition) is 4. The summed E-state index contributed by atoms with van der Waals surface area (Å²) in [4.78, 5) is 10.4. The zero-order chi connectivity index (χ0) is 15.4. The molecule has 0 fully saturated rings. The Labute approximate surface area is 120 Å². The maximum atomic E-state index is 13.7. The molecule has 0 saturated carbocycles. The van der Waals surface area contributed by atoms with Gasteiger partial charge in [0.2, 0.25) is 0 Å². The van der Waals surface area contributed by atoms with Crippen LogP contribution in [0, 0.1) is 15.9 Å². The van der Waals surface area contributed by atoms with E-state index in [-0.39, 0.29) is 23.6 Å². The lowest BCUT2D eigenvalue weighted by Crippen LogP contribution is -2.01. The van der Waals surface area contributed by atoms with Crippen LogP contribution in [0.4, 0.5) is 10.1 Å². The van der Waals surface area contributed by atoms with E-state index in [0.29, 0.717) is 5.56 Å². The normalized spacial score (nSPS) is 12.0. The average molecular weight is 291 g/mol. The van der Waals surface area contributed by atoms with Crippen molar-refractivity contribution in [2.24, 2.45) is 0 Å². The Bertz CT molecular complexity index is 658. The van der Waals surface area contributed by atoms with Gasteiger partial charge in [0.15, 0.2) is 0 Å². The molecule has 0 heterocycles. The fourth-order valence-corrected chi connectivity index (χ4v) is 1.91. The lowest BCUT2D eigenvalue weighted by atomic mass is 10.1. The predicted octanol–water partition coefficient (Wildman–Crippen LogP) is 3.37. The lowest BCUT2D eigenvalue weighted by molar-refractivity contribution is -0.385. The molecule has 2 rings (SSSR count). The van der Waals surface area contributed by atoms with Gasteiger partial charge in [-0.05, 0) is 25.1 Å². The molecule has 0 aliphatic carbocycles. The van der Waals surface area contributed by atoms with Crippen molar-refractivity contribution in [3.63, 3.8) is 0 Å². The highest BCUT2D eigenvalue weighted by Gasteiger charge is 2.13. The third kappa shape index (κ3) is 3.55. The molecule has 2 aromatic carbocycles. The second-order valence-corrected chi connectivity index (χ2v) is 4.53. The number of benzene rings is 2. The van der Waals surface area contributed by atoms with Gasteiger partial charge in [-0.1, -0.05) is 12.1 Å². The van der Waals surface area contributed by atoms with Crippen molar-refractivity contribution in [2.45, 2.75) is 19.6 Å². The second kappa shape index (κ2) is 6.32.